The summed E-state index contributed by atoms with van der Waals surface area (Å²) in [6.07, 6.45) is -1.03. The van der Waals surface area contributed by atoms with Crippen LogP contribution < -0.4 is 9.47 Å². The molecule has 0 radical (unpaired) electrons. The maximum Gasteiger partial charge on any atom is 0.297 e. The first-order valence-corrected chi connectivity index (χ1v) is 12.9. The van der Waals surface area contributed by atoms with Crippen molar-refractivity contribution in [2.75, 3.05) is 20.3 Å². The van der Waals surface area contributed by atoms with Gasteiger partial charge in [0.25, 0.3) is 10.1 Å². The topological polar surface area (TPSA) is 80.3 Å². The van der Waals surface area contributed by atoms with E-state index in [4.69, 9.17) is 23.1 Å². The van der Waals surface area contributed by atoms with Gasteiger partial charge in [-0.05, 0) is 36.8 Å². The van der Waals surface area contributed by atoms with Crippen molar-refractivity contribution in [1.29, 1.82) is 0 Å². The second-order valence-electron chi connectivity index (χ2n) is 8.32. The highest BCUT2D eigenvalue weighted by atomic mass is 32.2. The Labute approximate surface area is 206 Å². The Hall–Kier alpha value is -2.91. The van der Waals surface area contributed by atoms with Gasteiger partial charge in [-0.1, -0.05) is 60.2 Å². The van der Waals surface area contributed by atoms with Gasteiger partial charge in [0.15, 0.2) is 11.5 Å². The van der Waals surface area contributed by atoms with Crippen LogP contribution in [0.5, 0.6) is 11.5 Å². The fraction of sp³-hybridized carbons (Fsp3) is 0.333. The number of benzene rings is 3. The average molecular weight is 499 g/mol. The number of rotatable bonds is 10. The number of methoxy groups -OCH3 is 1. The van der Waals surface area contributed by atoms with Crippen molar-refractivity contribution in [2.24, 2.45) is 0 Å². The largest absolute Gasteiger partial charge is 0.493 e. The smallest absolute Gasteiger partial charge is 0.297 e. The van der Waals surface area contributed by atoms with Gasteiger partial charge in [0.2, 0.25) is 0 Å². The van der Waals surface area contributed by atoms with Gasteiger partial charge < -0.3 is 18.9 Å². The zero-order valence-electron chi connectivity index (χ0n) is 19.8. The van der Waals surface area contributed by atoms with Crippen LogP contribution in [0.25, 0.3) is 0 Å². The Balaban J connectivity index is 1.52. The van der Waals surface area contributed by atoms with Crippen molar-refractivity contribution in [3.8, 4) is 11.5 Å². The van der Waals surface area contributed by atoms with E-state index < -0.39 is 22.3 Å². The molecule has 8 heteroatoms. The Morgan fingerprint density at radius 3 is 2.31 bits per heavy atom. The van der Waals surface area contributed by atoms with E-state index in [-0.39, 0.29) is 17.6 Å². The van der Waals surface area contributed by atoms with Gasteiger partial charge in [-0.3, -0.25) is 4.18 Å². The quantitative estimate of drug-likeness (QED) is 0.380. The van der Waals surface area contributed by atoms with Crippen molar-refractivity contribution >= 4 is 10.1 Å². The van der Waals surface area contributed by atoms with Crippen LogP contribution in [0.4, 0.5) is 0 Å². The van der Waals surface area contributed by atoms with E-state index in [9.17, 15) is 8.42 Å². The molecule has 0 spiro atoms. The van der Waals surface area contributed by atoms with Crippen LogP contribution in [0.1, 0.15) is 17.5 Å². The second kappa shape index (κ2) is 11.7. The van der Waals surface area contributed by atoms with Crippen LogP contribution in [0.15, 0.2) is 83.8 Å². The molecule has 0 aliphatic carbocycles. The molecule has 3 aromatic rings. The molecule has 1 aliphatic heterocycles. The zero-order chi connectivity index (χ0) is 24.7. The molecular weight excluding hydrogens is 468 g/mol. The average Bonchev–Trinajstić information content (AvgIpc) is 2.88. The third-order valence-corrected chi connectivity index (χ3v) is 7.09. The van der Waals surface area contributed by atoms with E-state index in [1.807, 2.05) is 61.5 Å². The summed E-state index contributed by atoms with van der Waals surface area (Å²) in [6.45, 7) is 2.40. The molecule has 1 saturated heterocycles. The molecule has 0 aromatic heterocycles. The van der Waals surface area contributed by atoms with Crippen LogP contribution in [0, 0.1) is 6.92 Å². The van der Waals surface area contributed by atoms with Crippen molar-refractivity contribution < 1.29 is 31.5 Å². The highest BCUT2D eigenvalue weighted by molar-refractivity contribution is 7.86. The minimum absolute atomic E-state index is 0.0995. The second-order valence-corrected chi connectivity index (χ2v) is 9.93. The first kappa shape index (κ1) is 25.2. The fourth-order valence-electron chi connectivity index (χ4n) is 3.89. The minimum Gasteiger partial charge on any atom is -0.493 e. The SMILES string of the molecule is COc1ccccc1OC1CCOC(COS(=O)(=O)c2ccc(C)cc2)[C@H]1OCc1ccccc1. The summed E-state index contributed by atoms with van der Waals surface area (Å²) >= 11 is 0. The summed E-state index contributed by atoms with van der Waals surface area (Å²) in [5.74, 6) is 1.19. The van der Waals surface area contributed by atoms with Crippen LogP contribution in [0.2, 0.25) is 0 Å². The molecule has 1 aliphatic rings. The normalized spacial score (nSPS) is 20.3. The molecule has 1 fully saturated rings. The number of hydrogen-bond acceptors (Lipinski definition) is 7. The molecule has 35 heavy (non-hydrogen) atoms. The van der Waals surface area contributed by atoms with Crippen LogP contribution >= 0.6 is 0 Å². The summed E-state index contributed by atoms with van der Waals surface area (Å²) in [5, 5.41) is 0. The predicted molar refractivity (Wildman–Crippen MR) is 131 cm³/mol. The summed E-state index contributed by atoms with van der Waals surface area (Å²) in [5.41, 5.74) is 1.95. The molecule has 3 aromatic carbocycles. The molecule has 0 amide bonds. The summed E-state index contributed by atoms with van der Waals surface area (Å²) in [6, 6.07) is 23.7. The van der Waals surface area contributed by atoms with E-state index in [0.717, 1.165) is 11.1 Å². The Bertz CT molecular complexity index is 1180. The van der Waals surface area contributed by atoms with Crippen molar-refractivity contribution in [2.45, 2.75) is 43.2 Å². The van der Waals surface area contributed by atoms with E-state index >= 15 is 0 Å². The molecule has 4 rings (SSSR count). The molecule has 186 valence electrons. The summed E-state index contributed by atoms with van der Waals surface area (Å²) in [7, 11) is -2.36. The predicted octanol–water partition coefficient (Wildman–Crippen LogP) is 4.53. The van der Waals surface area contributed by atoms with Crippen molar-refractivity contribution in [3.05, 3.63) is 90.0 Å². The lowest BCUT2D eigenvalue weighted by atomic mass is 10.0. The maximum atomic E-state index is 12.8. The summed E-state index contributed by atoms with van der Waals surface area (Å²) in [4.78, 5) is 0.0995. The first-order chi connectivity index (χ1) is 17.0. The zero-order valence-corrected chi connectivity index (χ0v) is 20.6. The Kier molecular flexibility index (Phi) is 8.41. The van der Waals surface area contributed by atoms with Gasteiger partial charge in [0.1, 0.15) is 18.3 Å². The van der Waals surface area contributed by atoms with E-state index in [1.165, 1.54) is 12.1 Å². The Morgan fingerprint density at radius 1 is 0.914 bits per heavy atom. The first-order valence-electron chi connectivity index (χ1n) is 11.5. The highest BCUT2D eigenvalue weighted by Crippen LogP contribution is 2.31. The molecule has 7 nitrogen and oxygen atoms in total. The lowest BCUT2D eigenvalue weighted by Crippen LogP contribution is -2.51. The van der Waals surface area contributed by atoms with E-state index in [0.29, 0.717) is 31.1 Å². The van der Waals surface area contributed by atoms with E-state index in [2.05, 4.69) is 0 Å². The maximum absolute atomic E-state index is 12.8. The summed E-state index contributed by atoms with van der Waals surface area (Å²) < 4.78 is 54.9. The lowest BCUT2D eigenvalue weighted by molar-refractivity contribution is -0.165. The standard InChI is InChI=1S/C27H30O7S/c1-20-12-14-22(15-13-20)35(28,29)33-19-26-27(32-18-21-8-4-3-5-9-21)25(16-17-31-26)34-24-11-7-6-10-23(24)30-2/h3-15,25-27H,16-19H2,1-2H3/t25?,26?,27-/m0/s1. The van der Waals surface area contributed by atoms with E-state index in [1.54, 1.807) is 19.2 Å². The van der Waals surface area contributed by atoms with Gasteiger partial charge in [-0.25, -0.2) is 0 Å². The van der Waals surface area contributed by atoms with Crippen LogP contribution in [-0.4, -0.2) is 47.1 Å². The molecule has 1 heterocycles. The molecular formula is C27H30O7S. The third kappa shape index (κ3) is 6.61. The van der Waals surface area contributed by atoms with Crippen LogP contribution in [-0.2, 0) is 30.4 Å². The molecule has 0 bridgehead atoms. The number of ether oxygens (including phenoxy) is 4. The minimum atomic E-state index is -3.95. The van der Waals surface area contributed by atoms with Gasteiger partial charge >= 0.3 is 0 Å². The third-order valence-electron chi connectivity index (χ3n) is 5.80. The highest BCUT2D eigenvalue weighted by Gasteiger charge is 2.38. The molecule has 0 N–H and O–H groups in total. The van der Waals surface area contributed by atoms with Crippen molar-refractivity contribution in [3.63, 3.8) is 0 Å². The number of aryl methyl sites for hydroxylation is 1. The van der Waals surface area contributed by atoms with Crippen LogP contribution in [0.3, 0.4) is 0 Å². The fourth-order valence-corrected chi connectivity index (χ4v) is 4.81. The Morgan fingerprint density at radius 2 is 1.60 bits per heavy atom. The van der Waals surface area contributed by atoms with Gasteiger partial charge in [-0.2, -0.15) is 8.42 Å². The van der Waals surface area contributed by atoms with Gasteiger partial charge in [-0.15, -0.1) is 0 Å². The molecule has 3 atom stereocenters. The molecule has 2 unspecified atom stereocenters. The monoisotopic (exact) mass is 498 g/mol. The number of para-hydroxylation sites is 2. The number of hydrogen-bond donors (Lipinski definition) is 0. The van der Waals surface area contributed by atoms with Gasteiger partial charge in [0.05, 0.1) is 31.8 Å². The van der Waals surface area contributed by atoms with Crippen molar-refractivity contribution in [1.82, 2.24) is 0 Å². The molecule has 0 saturated carbocycles. The van der Waals surface area contributed by atoms with Gasteiger partial charge in [0, 0.05) is 6.42 Å². The lowest BCUT2D eigenvalue weighted by Gasteiger charge is -2.37.